The van der Waals surface area contributed by atoms with Crippen LogP contribution in [-0.2, 0) is 22.4 Å². The lowest BCUT2D eigenvalue weighted by Crippen LogP contribution is -2.40. The molecule has 1 aliphatic carbocycles. The largest absolute Gasteiger partial charge is 0.484 e. The molecule has 2 N–H and O–H groups in total. The summed E-state index contributed by atoms with van der Waals surface area (Å²) < 4.78 is 10.7. The molecule has 0 radical (unpaired) electrons. The zero-order valence-corrected chi connectivity index (χ0v) is 13.1. The SMILES string of the molecule is C[C@@H](NC(=O)COc1ccc2c3c(c(=O)oc2c1)CCC3)C(=O)O. The first-order valence-electron chi connectivity index (χ1n) is 7.69. The summed E-state index contributed by atoms with van der Waals surface area (Å²) in [4.78, 5) is 34.3. The van der Waals surface area contributed by atoms with Crippen molar-refractivity contribution in [2.75, 3.05) is 6.61 Å². The summed E-state index contributed by atoms with van der Waals surface area (Å²) in [7, 11) is 0. The molecule has 7 nitrogen and oxygen atoms in total. The number of carbonyl (C=O) groups excluding carboxylic acids is 1. The van der Waals surface area contributed by atoms with E-state index in [1.54, 1.807) is 12.1 Å². The maximum absolute atomic E-state index is 12.0. The zero-order chi connectivity index (χ0) is 17.3. The first kappa shape index (κ1) is 16.0. The Bertz CT molecular complexity index is 869. The van der Waals surface area contributed by atoms with Crippen LogP contribution in [0, 0.1) is 0 Å². The Labute approximate surface area is 137 Å². The molecule has 2 aromatic rings. The van der Waals surface area contributed by atoms with Gasteiger partial charge in [-0.05, 0) is 43.9 Å². The van der Waals surface area contributed by atoms with Crippen molar-refractivity contribution in [1.82, 2.24) is 5.32 Å². The molecule has 1 aromatic heterocycles. The van der Waals surface area contributed by atoms with E-state index < -0.39 is 17.9 Å². The lowest BCUT2D eigenvalue weighted by Gasteiger charge is -2.11. The molecule has 126 valence electrons. The van der Waals surface area contributed by atoms with E-state index in [9.17, 15) is 14.4 Å². The van der Waals surface area contributed by atoms with Crippen LogP contribution >= 0.6 is 0 Å². The predicted molar refractivity (Wildman–Crippen MR) is 85.2 cm³/mol. The second-order valence-corrected chi connectivity index (χ2v) is 5.77. The summed E-state index contributed by atoms with van der Waals surface area (Å²) in [6.45, 7) is 1.05. The van der Waals surface area contributed by atoms with E-state index in [1.807, 2.05) is 6.07 Å². The number of amides is 1. The standard InChI is InChI=1S/C17H17NO6/c1-9(16(20)21)18-15(19)8-23-10-5-6-12-11-3-2-4-13(11)17(22)24-14(12)7-10/h5-7,9H,2-4,8H2,1H3,(H,18,19)(H,20,21)/t9-/m1/s1. The van der Waals surface area contributed by atoms with E-state index in [0.29, 0.717) is 11.3 Å². The van der Waals surface area contributed by atoms with Gasteiger partial charge in [0.1, 0.15) is 17.4 Å². The van der Waals surface area contributed by atoms with Crippen LogP contribution in [0.15, 0.2) is 27.4 Å². The first-order valence-corrected chi connectivity index (χ1v) is 7.69. The van der Waals surface area contributed by atoms with Gasteiger partial charge < -0.3 is 19.6 Å². The molecule has 1 aliphatic rings. The predicted octanol–water partition coefficient (Wildman–Crippen LogP) is 1.25. The molecule has 3 rings (SSSR count). The number of nitrogens with one attached hydrogen (secondary N) is 1. The average molecular weight is 331 g/mol. The van der Waals surface area contributed by atoms with Crippen LogP contribution in [-0.4, -0.2) is 29.6 Å². The Balaban J connectivity index is 1.75. The highest BCUT2D eigenvalue weighted by molar-refractivity contribution is 5.85. The van der Waals surface area contributed by atoms with E-state index in [2.05, 4.69) is 5.32 Å². The van der Waals surface area contributed by atoms with Crippen molar-refractivity contribution >= 4 is 22.8 Å². The van der Waals surface area contributed by atoms with Crippen LogP contribution in [0.1, 0.15) is 24.5 Å². The van der Waals surface area contributed by atoms with Gasteiger partial charge in [-0.25, -0.2) is 4.79 Å². The number of aryl methyl sites for hydroxylation is 1. The topological polar surface area (TPSA) is 106 Å². The van der Waals surface area contributed by atoms with Crippen LogP contribution < -0.4 is 15.7 Å². The summed E-state index contributed by atoms with van der Waals surface area (Å²) in [6.07, 6.45) is 2.54. The second kappa shape index (κ2) is 6.35. The summed E-state index contributed by atoms with van der Waals surface area (Å²) in [5, 5.41) is 11.9. The fourth-order valence-corrected chi connectivity index (χ4v) is 2.85. The van der Waals surface area contributed by atoms with Gasteiger partial charge in [-0.3, -0.25) is 9.59 Å². The third-order valence-corrected chi connectivity index (χ3v) is 4.06. The Morgan fingerprint density at radius 1 is 1.33 bits per heavy atom. The molecular formula is C17H17NO6. The van der Waals surface area contributed by atoms with Gasteiger partial charge >= 0.3 is 11.6 Å². The average Bonchev–Trinajstić information content (AvgIpc) is 3.03. The molecule has 0 aliphatic heterocycles. The molecule has 0 saturated heterocycles. The Kier molecular flexibility index (Phi) is 4.24. The first-order chi connectivity index (χ1) is 11.5. The minimum Gasteiger partial charge on any atom is -0.484 e. The van der Waals surface area contributed by atoms with Crippen molar-refractivity contribution in [2.24, 2.45) is 0 Å². The van der Waals surface area contributed by atoms with Crippen LogP contribution in [0.4, 0.5) is 0 Å². The zero-order valence-electron chi connectivity index (χ0n) is 13.1. The quantitative estimate of drug-likeness (QED) is 0.799. The number of benzene rings is 1. The maximum atomic E-state index is 12.0. The van der Waals surface area contributed by atoms with Crippen molar-refractivity contribution in [2.45, 2.75) is 32.2 Å². The van der Waals surface area contributed by atoms with Crippen molar-refractivity contribution in [3.05, 3.63) is 39.7 Å². The minimum absolute atomic E-state index is 0.319. The van der Waals surface area contributed by atoms with E-state index in [-0.39, 0.29) is 12.2 Å². The number of carboxylic acid groups (broad SMARTS) is 1. The molecule has 0 fully saturated rings. The van der Waals surface area contributed by atoms with Crippen molar-refractivity contribution in [3.8, 4) is 5.75 Å². The Morgan fingerprint density at radius 3 is 2.83 bits per heavy atom. The highest BCUT2D eigenvalue weighted by atomic mass is 16.5. The molecule has 1 aromatic carbocycles. The molecule has 24 heavy (non-hydrogen) atoms. The fraction of sp³-hybridized carbons (Fsp3) is 0.353. The second-order valence-electron chi connectivity index (χ2n) is 5.77. The number of carbonyl (C=O) groups is 2. The lowest BCUT2D eigenvalue weighted by atomic mass is 10.1. The smallest absolute Gasteiger partial charge is 0.339 e. The number of carboxylic acids is 1. The molecule has 0 saturated carbocycles. The third-order valence-electron chi connectivity index (χ3n) is 4.06. The Hall–Kier alpha value is -2.83. The third kappa shape index (κ3) is 3.10. The number of fused-ring (bicyclic) bond motifs is 3. The normalized spacial score (nSPS) is 14.2. The van der Waals surface area contributed by atoms with Crippen LogP contribution in [0.25, 0.3) is 11.0 Å². The molecule has 7 heteroatoms. The van der Waals surface area contributed by atoms with Crippen LogP contribution in [0.3, 0.4) is 0 Å². The molecule has 1 heterocycles. The van der Waals surface area contributed by atoms with Gasteiger partial charge in [-0.1, -0.05) is 0 Å². The summed E-state index contributed by atoms with van der Waals surface area (Å²) in [6, 6.07) is 4.10. The van der Waals surface area contributed by atoms with Crippen molar-refractivity contribution in [1.29, 1.82) is 0 Å². The fourth-order valence-electron chi connectivity index (χ4n) is 2.85. The summed E-state index contributed by atoms with van der Waals surface area (Å²) in [5.74, 6) is -1.29. The van der Waals surface area contributed by atoms with Gasteiger partial charge in [0, 0.05) is 17.0 Å². The summed E-state index contributed by atoms with van der Waals surface area (Å²) in [5.41, 5.74) is 1.89. The Morgan fingerprint density at radius 2 is 2.08 bits per heavy atom. The van der Waals surface area contributed by atoms with Gasteiger partial charge in [0.2, 0.25) is 0 Å². The lowest BCUT2D eigenvalue weighted by molar-refractivity contribution is -0.141. The monoisotopic (exact) mass is 331 g/mol. The molecule has 0 unspecified atom stereocenters. The number of ether oxygens (including phenoxy) is 1. The van der Waals surface area contributed by atoms with Gasteiger partial charge in [-0.15, -0.1) is 0 Å². The van der Waals surface area contributed by atoms with Crippen LogP contribution in [0.5, 0.6) is 5.75 Å². The van der Waals surface area contributed by atoms with Gasteiger partial charge in [0.25, 0.3) is 5.91 Å². The number of hydrogen-bond donors (Lipinski definition) is 2. The number of hydrogen-bond acceptors (Lipinski definition) is 5. The molecular weight excluding hydrogens is 314 g/mol. The number of aliphatic carboxylic acids is 1. The van der Waals surface area contributed by atoms with Gasteiger partial charge in [0.15, 0.2) is 6.61 Å². The molecule has 0 bridgehead atoms. The van der Waals surface area contributed by atoms with Gasteiger partial charge in [-0.2, -0.15) is 0 Å². The van der Waals surface area contributed by atoms with E-state index in [1.165, 1.54) is 6.92 Å². The molecule has 1 amide bonds. The van der Waals surface area contributed by atoms with Crippen LogP contribution in [0.2, 0.25) is 0 Å². The van der Waals surface area contributed by atoms with E-state index in [0.717, 1.165) is 35.8 Å². The van der Waals surface area contributed by atoms with E-state index >= 15 is 0 Å². The van der Waals surface area contributed by atoms with Crippen molar-refractivity contribution < 1.29 is 23.8 Å². The maximum Gasteiger partial charge on any atom is 0.339 e. The summed E-state index contributed by atoms with van der Waals surface area (Å²) >= 11 is 0. The molecule has 1 atom stereocenters. The highest BCUT2D eigenvalue weighted by Crippen LogP contribution is 2.29. The number of rotatable bonds is 5. The van der Waals surface area contributed by atoms with Gasteiger partial charge in [0.05, 0.1) is 0 Å². The highest BCUT2D eigenvalue weighted by Gasteiger charge is 2.20. The van der Waals surface area contributed by atoms with E-state index in [4.69, 9.17) is 14.3 Å². The minimum atomic E-state index is -1.12. The van der Waals surface area contributed by atoms with Crippen molar-refractivity contribution in [3.63, 3.8) is 0 Å². The molecule has 0 spiro atoms.